The zero-order valence-corrected chi connectivity index (χ0v) is 13.7. The first-order valence-corrected chi connectivity index (χ1v) is 8.83. The highest BCUT2D eigenvalue weighted by Crippen LogP contribution is 2.38. The summed E-state index contributed by atoms with van der Waals surface area (Å²) < 4.78 is 28.5. The van der Waals surface area contributed by atoms with Gasteiger partial charge in [-0.25, -0.2) is 0 Å². The molecule has 0 spiro atoms. The van der Waals surface area contributed by atoms with Gasteiger partial charge >= 0.3 is 0 Å². The Balaban J connectivity index is 1.73. The normalized spacial score (nSPS) is 15.4. The monoisotopic (exact) mass is 341 g/mol. The van der Waals surface area contributed by atoms with Crippen molar-refractivity contribution < 1.29 is 18.2 Å². The van der Waals surface area contributed by atoms with Gasteiger partial charge in [-0.1, -0.05) is 16.8 Å². The number of aryl methyl sites for hydroxylation is 1. The Kier molecular flexibility index (Phi) is 4.69. The van der Waals surface area contributed by atoms with Crippen LogP contribution in [0.2, 0.25) is 5.02 Å². The van der Waals surface area contributed by atoms with Crippen LogP contribution < -0.4 is 9.47 Å². The third kappa shape index (κ3) is 3.62. The SMILES string of the molecule is Cc1cc(CS(=O)Cc2cc(Cl)c3c(c2)OCCCO3)no1. The van der Waals surface area contributed by atoms with Crippen molar-refractivity contribution in [2.75, 3.05) is 13.2 Å². The number of hydrogen-bond acceptors (Lipinski definition) is 5. The molecule has 2 aromatic rings. The zero-order chi connectivity index (χ0) is 15.5. The summed E-state index contributed by atoms with van der Waals surface area (Å²) in [6, 6.07) is 5.42. The first-order valence-electron chi connectivity index (χ1n) is 6.97. The van der Waals surface area contributed by atoms with Gasteiger partial charge in [0.25, 0.3) is 0 Å². The van der Waals surface area contributed by atoms with Gasteiger partial charge < -0.3 is 14.0 Å². The van der Waals surface area contributed by atoms with Crippen LogP contribution in [-0.2, 0) is 22.3 Å². The number of rotatable bonds is 4. The summed E-state index contributed by atoms with van der Waals surface area (Å²) in [4.78, 5) is 0. The second kappa shape index (κ2) is 6.71. The van der Waals surface area contributed by atoms with Gasteiger partial charge in [0.1, 0.15) is 5.76 Å². The van der Waals surface area contributed by atoms with Crippen LogP contribution in [0.4, 0.5) is 0 Å². The maximum Gasteiger partial charge on any atom is 0.179 e. The largest absolute Gasteiger partial charge is 0.489 e. The number of halogens is 1. The summed E-state index contributed by atoms with van der Waals surface area (Å²) in [7, 11) is -1.10. The Morgan fingerprint density at radius 2 is 2.05 bits per heavy atom. The maximum atomic E-state index is 12.3. The lowest BCUT2D eigenvalue weighted by molar-refractivity contribution is 0.297. The van der Waals surface area contributed by atoms with Crippen LogP contribution in [0.1, 0.15) is 23.4 Å². The molecule has 22 heavy (non-hydrogen) atoms. The Bertz CT molecular complexity index is 701. The van der Waals surface area contributed by atoms with E-state index < -0.39 is 10.8 Å². The van der Waals surface area contributed by atoms with Crippen molar-refractivity contribution in [1.29, 1.82) is 0 Å². The molecule has 0 amide bonds. The highest BCUT2D eigenvalue weighted by Gasteiger charge is 2.17. The van der Waals surface area contributed by atoms with Crippen LogP contribution in [0.15, 0.2) is 22.7 Å². The molecule has 3 rings (SSSR count). The predicted octanol–water partition coefficient (Wildman–Crippen LogP) is 3.25. The van der Waals surface area contributed by atoms with Crippen molar-refractivity contribution in [3.8, 4) is 11.5 Å². The molecule has 2 heterocycles. The Hall–Kier alpha value is -1.53. The molecule has 0 saturated heterocycles. The summed E-state index contributed by atoms with van der Waals surface area (Å²) in [5.41, 5.74) is 1.55. The molecule has 1 unspecified atom stereocenters. The fraction of sp³-hybridized carbons (Fsp3) is 0.400. The summed E-state index contributed by atoms with van der Waals surface area (Å²) in [6.45, 7) is 2.99. The van der Waals surface area contributed by atoms with E-state index in [-0.39, 0.29) is 0 Å². The molecule has 1 aliphatic rings. The second-order valence-corrected chi connectivity index (χ2v) is 6.98. The van der Waals surface area contributed by atoms with Crippen molar-refractivity contribution >= 4 is 22.4 Å². The number of aromatic nitrogens is 1. The first-order chi connectivity index (χ1) is 10.6. The molecule has 0 bridgehead atoms. The minimum absolute atomic E-state index is 0.351. The van der Waals surface area contributed by atoms with Gasteiger partial charge in [-0.15, -0.1) is 0 Å². The van der Waals surface area contributed by atoms with Gasteiger partial charge in [0.15, 0.2) is 11.5 Å². The lowest BCUT2D eigenvalue weighted by Crippen LogP contribution is -2.01. The summed E-state index contributed by atoms with van der Waals surface area (Å²) in [5.74, 6) is 2.63. The molecule has 1 aromatic heterocycles. The van der Waals surface area contributed by atoms with Gasteiger partial charge in [0, 0.05) is 29.0 Å². The van der Waals surface area contributed by atoms with E-state index in [1.165, 1.54) is 0 Å². The Labute approximate surface area is 136 Å². The van der Waals surface area contributed by atoms with Crippen molar-refractivity contribution in [2.45, 2.75) is 24.9 Å². The molecule has 1 aliphatic heterocycles. The fourth-order valence-electron chi connectivity index (χ4n) is 2.26. The third-order valence-electron chi connectivity index (χ3n) is 3.18. The molecule has 0 saturated carbocycles. The van der Waals surface area contributed by atoms with E-state index in [2.05, 4.69) is 5.16 Å². The number of ether oxygens (including phenoxy) is 2. The van der Waals surface area contributed by atoms with Crippen LogP contribution in [0.3, 0.4) is 0 Å². The number of fused-ring (bicyclic) bond motifs is 1. The van der Waals surface area contributed by atoms with Crippen LogP contribution >= 0.6 is 11.6 Å². The van der Waals surface area contributed by atoms with Crippen molar-refractivity contribution in [3.05, 3.63) is 40.2 Å². The van der Waals surface area contributed by atoms with Gasteiger partial charge in [-0.05, 0) is 24.6 Å². The average Bonchev–Trinajstić information content (AvgIpc) is 2.72. The van der Waals surface area contributed by atoms with Crippen molar-refractivity contribution in [1.82, 2.24) is 5.16 Å². The highest BCUT2D eigenvalue weighted by molar-refractivity contribution is 7.83. The van der Waals surface area contributed by atoms with Crippen LogP contribution in [-0.4, -0.2) is 22.6 Å². The molecular weight excluding hydrogens is 326 g/mol. The van der Waals surface area contributed by atoms with E-state index in [0.717, 1.165) is 12.0 Å². The second-order valence-electron chi connectivity index (χ2n) is 5.11. The molecular formula is C15H16ClNO4S. The van der Waals surface area contributed by atoms with Gasteiger partial charge in [-0.2, -0.15) is 0 Å². The smallest absolute Gasteiger partial charge is 0.179 e. The molecule has 0 radical (unpaired) electrons. The molecule has 5 nitrogen and oxygen atoms in total. The van der Waals surface area contributed by atoms with Crippen molar-refractivity contribution in [2.24, 2.45) is 0 Å². The van der Waals surface area contributed by atoms with E-state index in [0.29, 0.717) is 52.7 Å². The van der Waals surface area contributed by atoms with Gasteiger partial charge in [0.2, 0.25) is 0 Å². The molecule has 0 N–H and O–H groups in total. The summed E-state index contributed by atoms with van der Waals surface area (Å²) in [6.07, 6.45) is 0.817. The van der Waals surface area contributed by atoms with E-state index >= 15 is 0 Å². The maximum absolute atomic E-state index is 12.3. The highest BCUT2D eigenvalue weighted by atomic mass is 35.5. The minimum atomic E-state index is -1.10. The Morgan fingerprint density at radius 3 is 2.82 bits per heavy atom. The molecule has 0 aliphatic carbocycles. The predicted molar refractivity (Wildman–Crippen MR) is 83.8 cm³/mol. The van der Waals surface area contributed by atoms with E-state index in [9.17, 15) is 4.21 Å². The minimum Gasteiger partial charge on any atom is -0.489 e. The molecule has 7 heteroatoms. The van der Waals surface area contributed by atoms with E-state index in [4.69, 9.17) is 25.6 Å². The van der Waals surface area contributed by atoms with E-state index in [1.807, 2.05) is 13.0 Å². The van der Waals surface area contributed by atoms with Crippen molar-refractivity contribution in [3.63, 3.8) is 0 Å². The molecule has 118 valence electrons. The van der Waals surface area contributed by atoms with Crippen LogP contribution in [0.5, 0.6) is 11.5 Å². The number of hydrogen-bond donors (Lipinski definition) is 0. The molecule has 0 fully saturated rings. The standard InChI is InChI=1S/C15H16ClNO4S/c1-10-5-12(17-21-10)9-22(18)8-11-6-13(16)15-14(7-11)19-3-2-4-20-15/h5-7H,2-4,8-9H2,1H3. The topological polar surface area (TPSA) is 61.6 Å². The zero-order valence-electron chi connectivity index (χ0n) is 12.1. The fourth-order valence-corrected chi connectivity index (χ4v) is 3.65. The van der Waals surface area contributed by atoms with Crippen LogP contribution in [0, 0.1) is 6.92 Å². The van der Waals surface area contributed by atoms with E-state index in [1.54, 1.807) is 12.1 Å². The van der Waals surface area contributed by atoms with Gasteiger partial charge in [-0.3, -0.25) is 4.21 Å². The third-order valence-corrected chi connectivity index (χ3v) is 4.73. The number of nitrogens with zero attached hydrogens (tertiary/aromatic N) is 1. The van der Waals surface area contributed by atoms with Gasteiger partial charge in [0.05, 0.1) is 29.7 Å². The molecule has 1 aromatic carbocycles. The molecule has 1 atom stereocenters. The summed E-state index contributed by atoms with van der Waals surface area (Å²) >= 11 is 6.24. The average molecular weight is 342 g/mol. The lowest BCUT2D eigenvalue weighted by Gasteiger charge is -2.11. The lowest BCUT2D eigenvalue weighted by atomic mass is 10.2. The first kappa shape index (κ1) is 15.4. The Morgan fingerprint density at radius 1 is 1.23 bits per heavy atom. The summed E-state index contributed by atoms with van der Waals surface area (Å²) in [5, 5.41) is 4.35. The van der Waals surface area contributed by atoms with Crippen LogP contribution in [0.25, 0.3) is 0 Å². The quantitative estimate of drug-likeness (QED) is 0.854. The number of benzene rings is 1.